The Hall–Kier alpha value is -1.28. The summed E-state index contributed by atoms with van der Waals surface area (Å²) in [7, 11) is 1.72. The minimum Gasteiger partial charge on any atom is -0.383 e. The lowest BCUT2D eigenvalue weighted by Gasteiger charge is -2.27. The predicted octanol–water partition coefficient (Wildman–Crippen LogP) is 2.22. The van der Waals surface area contributed by atoms with E-state index in [1.807, 2.05) is 11.4 Å². The number of nitrogens with zero attached hydrogens (tertiary/aromatic N) is 3. The summed E-state index contributed by atoms with van der Waals surface area (Å²) in [6.07, 6.45) is 1.08. The molecule has 2 rings (SSSR count). The molecule has 0 aliphatic heterocycles. The lowest BCUT2D eigenvalue weighted by Crippen LogP contribution is -2.35. The van der Waals surface area contributed by atoms with Crippen LogP contribution in [0.2, 0.25) is 0 Å². The number of hydrazine groups is 1. The third kappa shape index (κ3) is 3.88. The van der Waals surface area contributed by atoms with Gasteiger partial charge in [-0.15, -0.1) is 11.3 Å². The number of hydrogen-bond acceptors (Lipinski definition) is 7. The normalized spacial score (nSPS) is 13.0. The van der Waals surface area contributed by atoms with Crippen molar-refractivity contribution >= 4 is 27.4 Å². The van der Waals surface area contributed by atoms with E-state index in [-0.39, 0.29) is 0 Å². The Bertz CT molecular complexity index is 573. The Morgan fingerprint density at radius 2 is 2.29 bits per heavy atom. The van der Waals surface area contributed by atoms with Gasteiger partial charge in [-0.2, -0.15) is 0 Å². The van der Waals surface area contributed by atoms with Crippen LogP contribution in [0.3, 0.4) is 0 Å². The second kappa shape index (κ2) is 7.65. The van der Waals surface area contributed by atoms with E-state index in [0.29, 0.717) is 25.0 Å². The van der Waals surface area contributed by atoms with E-state index in [0.717, 1.165) is 29.0 Å². The standard InChI is InChI=1S/C14H23N5OS/c1-4-10(2)19(6-7-20-3)9-12-16-13(18-15)11-5-8-21-14(11)17-12/h5,8,10H,4,6-7,9,15H2,1-3H3,(H,16,17,18). The van der Waals surface area contributed by atoms with E-state index < -0.39 is 0 Å². The van der Waals surface area contributed by atoms with Crippen molar-refractivity contribution < 1.29 is 4.74 Å². The highest BCUT2D eigenvalue weighted by Crippen LogP contribution is 2.25. The fraction of sp³-hybridized carbons (Fsp3) is 0.571. The lowest BCUT2D eigenvalue weighted by atomic mass is 10.2. The van der Waals surface area contributed by atoms with Crippen LogP contribution >= 0.6 is 11.3 Å². The monoisotopic (exact) mass is 309 g/mol. The molecule has 0 spiro atoms. The quantitative estimate of drug-likeness (QED) is 0.575. The average molecular weight is 309 g/mol. The molecule has 0 amide bonds. The molecule has 0 aliphatic rings. The third-order valence-corrected chi connectivity index (χ3v) is 4.46. The van der Waals surface area contributed by atoms with E-state index in [9.17, 15) is 0 Å². The molecule has 0 saturated carbocycles. The molecule has 0 fully saturated rings. The van der Waals surface area contributed by atoms with Crippen LogP contribution in [0.1, 0.15) is 26.1 Å². The van der Waals surface area contributed by atoms with Gasteiger partial charge >= 0.3 is 0 Å². The van der Waals surface area contributed by atoms with Crippen LogP contribution in [0.25, 0.3) is 10.2 Å². The van der Waals surface area contributed by atoms with Gasteiger partial charge in [0.1, 0.15) is 10.7 Å². The Kier molecular flexibility index (Phi) is 5.86. The van der Waals surface area contributed by atoms with E-state index in [1.165, 1.54) is 0 Å². The topological polar surface area (TPSA) is 76.3 Å². The van der Waals surface area contributed by atoms with Gasteiger partial charge in [0.05, 0.1) is 18.5 Å². The van der Waals surface area contributed by atoms with Crippen molar-refractivity contribution in [3.8, 4) is 0 Å². The number of fused-ring (bicyclic) bond motifs is 1. The number of nitrogens with two attached hydrogens (primary N) is 1. The number of aromatic nitrogens is 2. The average Bonchev–Trinajstić information content (AvgIpc) is 2.98. The molecular formula is C14H23N5OS. The van der Waals surface area contributed by atoms with E-state index in [2.05, 4.69) is 34.1 Å². The summed E-state index contributed by atoms with van der Waals surface area (Å²) < 4.78 is 5.19. The first-order valence-corrected chi connectivity index (χ1v) is 8.01. The summed E-state index contributed by atoms with van der Waals surface area (Å²) in [6, 6.07) is 2.44. The molecule has 1 unspecified atom stereocenters. The van der Waals surface area contributed by atoms with Gasteiger partial charge < -0.3 is 10.2 Å². The van der Waals surface area contributed by atoms with Gasteiger partial charge in [-0.1, -0.05) is 6.92 Å². The number of hydrogen-bond donors (Lipinski definition) is 2. The van der Waals surface area contributed by atoms with Crippen LogP contribution in [0.5, 0.6) is 0 Å². The minimum atomic E-state index is 0.456. The molecule has 0 aliphatic carbocycles. The first kappa shape index (κ1) is 16.1. The molecule has 2 aromatic heterocycles. The molecule has 0 radical (unpaired) electrons. The van der Waals surface area contributed by atoms with Gasteiger partial charge in [-0.25, -0.2) is 15.8 Å². The maximum atomic E-state index is 5.57. The smallest absolute Gasteiger partial charge is 0.152 e. The van der Waals surface area contributed by atoms with Crippen molar-refractivity contribution in [3.63, 3.8) is 0 Å². The minimum absolute atomic E-state index is 0.456. The second-order valence-corrected chi connectivity index (χ2v) is 5.89. The maximum Gasteiger partial charge on any atom is 0.152 e. The van der Waals surface area contributed by atoms with Gasteiger partial charge in [0, 0.05) is 19.7 Å². The van der Waals surface area contributed by atoms with E-state index in [4.69, 9.17) is 10.6 Å². The number of thiophene rings is 1. The molecule has 2 heterocycles. The summed E-state index contributed by atoms with van der Waals surface area (Å²) in [5.41, 5.74) is 2.67. The van der Waals surface area contributed by atoms with Crippen molar-refractivity contribution in [2.45, 2.75) is 32.9 Å². The van der Waals surface area contributed by atoms with Crippen molar-refractivity contribution in [2.75, 3.05) is 25.7 Å². The maximum absolute atomic E-state index is 5.57. The van der Waals surface area contributed by atoms with Crippen molar-refractivity contribution in [3.05, 3.63) is 17.3 Å². The lowest BCUT2D eigenvalue weighted by molar-refractivity contribution is 0.116. The Labute approximate surface area is 129 Å². The number of ether oxygens (including phenoxy) is 1. The van der Waals surface area contributed by atoms with Gasteiger partial charge in [-0.3, -0.25) is 4.90 Å². The molecule has 2 aromatic rings. The van der Waals surface area contributed by atoms with Crippen LogP contribution in [0.4, 0.5) is 5.82 Å². The number of rotatable bonds is 8. The zero-order valence-electron chi connectivity index (χ0n) is 12.8. The number of methoxy groups -OCH3 is 1. The summed E-state index contributed by atoms with van der Waals surface area (Å²) in [4.78, 5) is 12.5. The molecule has 0 aromatic carbocycles. The van der Waals surface area contributed by atoms with Crippen molar-refractivity contribution in [1.29, 1.82) is 0 Å². The fourth-order valence-electron chi connectivity index (χ4n) is 2.18. The number of anilines is 1. The molecule has 7 heteroatoms. The molecule has 0 saturated heterocycles. The van der Waals surface area contributed by atoms with Crippen LogP contribution < -0.4 is 11.3 Å². The van der Waals surface area contributed by atoms with Gasteiger partial charge in [0.2, 0.25) is 0 Å². The molecular weight excluding hydrogens is 286 g/mol. The van der Waals surface area contributed by atoms with E-state index >= 15 is 0 Å². The Balaban J connectivity index is 2.22. The molecule has 21 heavy (non-hydrogen) atoms. The largest absolute Gasteiger partial charge is 0.383 e. The van der Waals surface area contributed by atoms with Gasteiger partial charge in [0.15, 0.2) is 5.82 Å². The molecule has 6 nitrogen and oxygen atoms in total. The number of nitrogen functional groups attached to an aromatic ring is 1. The van der Waals surface area contributed by atoms with Crippen LogP contribution in [-0.2, 0) is 11.3 Å². The Morgan fingerprint density at radius 3 is 2.95 bits per heavy atom. The molecule has 3 N–H and O–H groups in total. The fourth-order valence-corrected chi connectivity index (χ4v) is 2.97. The zero-order chi connectivity index (χ0) is 15.2. The zero-order valence-corrected chi connectivity index (χ0v) is 13.6. The molecule has 116 valence electrons. The molecule has 1 atom stereocenters. The highest BCUT2D eigenvalue weighted by Gasteiger charge is 2.16. The highest BCUT2D eigenvalue weighted by molar-refractivity contribution is 7.16. The van der Waals surface area contributed by atoms with Crippen LogP contribution in [0.15, 0.2) is 11.4 Å². The summed E-state index contributed by atoms with van der Waals surface area (Å²) in [6.45, 7) is 6.65. The summed E-state index contributed by atoms with van der Waals surface area (Å²) in [5, 5.41) is 2.97. The van der Waals surface area contributed by atoms with Crippen LogP contribution in [-0.4, -0.2) is 41.2 Å². The predicted molar refractivity (Wildman–Crippen MR) is 87.3 cm³/mol. The summed E-state index contributed by atoms with van der Waals surface area (Å²) in [5.74, 6) is 7.05. The SMILES string of the molecule is CCC(C)N(CCOC)Cc1nc(NN)c2ccsc2n1. The van der Waals surface area contributed by atoms with Crippen molar-refractivity contribution in [1.82, 2.24) is 14.9 Å². The van der Waals surface area contributed by atoms with Crippen LogP contribution in [0, 0.1) is 0 Å². The second-order valence-electron chi connectivity index (χ2n) is 4.99. The van der Waals surface area contributed by atoms with Crippen molar-refractivity contribution in [2.24, 2.45) is 5.84 Å². The number of nitrogens with one attached hydrogen (secondary N) is 1. The highest BCUT2D eigenvalue weighted by atomic mass is 32.1. The summed E-state index contributed by atoms with van der Waals surface area (Å²) >= 11 is 1.60. The first-order chi connectivity index (χ1) is 10.2. The first-order valence-electron chi connectivity index (χ1n) is 7.13. The third-order valence-electron chi connectivity index (χ3n) is 3.65. The van der Waals surface area contributed by atoms with Gasteiger partial charge in [0.25, 0.3) is 0 Å². The Morgan fingerprint density at radius 1 is 1.48 bits per heavy atom. The molecule has 0 bridgehead atoms. The van der Waals surface area contributed by atoms with E-state index in [1.54, 1.807) is 18.4 Å². The van der Waals surface area contributed by atoms with Gasteiger partial charge in [-0.05, 0) is 24.8 Å².